The molecule has 1 aromatic rings. The summed E-state index contributed by atoms with van der Waals surface area (Å²) in [6.45, 7) is 5.84. The Morgan fingerprint density at radius 2 is 1.81 bits per heavy atom. The third-order valence-electron chi connectivity index (χ3n) is 3.41. The van der Waals surface area contributed by atoms with Gasteiger partial charge in [0.05, 0.1) is 13.0 Å². The maximum absolute atomic E-state index is 12.2. The molecule has 1 amide bonds. The van der Waals surface area contributed by atoms with Crippen LogP contribution >= 0.6 is 0 Å². The maximum Gasteiger partial charge on any atom is 0.304 e. The highest BCUT2D eigenvalue weighted by atomic mass is 16.4. The van der Waals surface area contributed by atoms with Gasteiger partial charge in [0.2, 0.25) is 5.91 Å². The fraction of sp³-hybridized carbons (Fsp3) is 0.500. The summed E-state index contributed by atoms with van der Waals surface area (Å²) >= 11 is 0. The summed E-state index contributed by atoms with van der Waals surface area (Å²) < 4.78 is 0. The number of likely N-dealkylation sites (N-methyl/N-ethyl adjacent to an activating group) is 2. The molecule has 0 aromatic heterocycles. The van der Waals surface area contributed by atoms with Crippen molar-refractivity contribution in [1.82, 2.24) is 9.80 Å². The number of carboxylic acids is 1. The first-order valence-electron chi connectivity index (χ1n) is 7.16. The monoisotopic (exact) mass is 292 g/mol. The summed E-state index contributed by atoms with van der Waals surface area (Å²) in [6, 6.07) is 8.08. The van der Waals surface area contributed by atoms with Gasteiger partial charge in [-0.3, -0.25) is 14.5 Å². The van der Waals surface area contributed by atoms with Crippen LogP contribution < -0.4 is 0 Å². The Hall–Kier alpha value is -1.88. The van der Waals surface area contributed by atoms with Crippen molar-refractivity contribution in [3.8, 4) is 0 Å². The number of carbonyl (C=O) groups excluding carboxylic acids is 1. The summed E-state index contributed by atoms with van der Waals surface area (Å²) in [5, 5.41) is 8.70. The summed E-state index contributed by atoms with van der Waals surface area (Å²) in [4.78, 5) is 26.3. The van der Waals surface area contributed by atoms with Crippen molar-refractivity contribution in [3.63, 3.8) is 0 Å². The maximum atomic E-state index is 12.2. The number of hydrogen-bond donors (Lipinski definition) is 1. The van der Waals surface area contributed by atoms with Gasteiger partial charge in [0, 0.05) is 20.1 Å². The average Bonchev–Trinajstić information content (AvgIpc) is 2.45. The first-order chi connectivity index (χ1) is 9.92. The van der Waals surface area contributed by atoms with E-state index in [1.165, 1.54) is 5.56 Å². The molecular formula is C16H24N2O3. The highest BCUT2D eigenvalue weighted by Crippen LogP contribution is 2.06. The van der Waals surface area contributed by atoms with Gasteiger partial charge < -0.3 is 10.0 Å². The van der Waals surface area contributed by atoms with Crippen LogP contribution in [0.2, 0.25) is 0 Å². The van der Waals surface area contributed by atoms with Gasteiger partial charge in [-0.05, 0) is 19.0 Å². The van der Waals surface area contributed by atoms with Crippen LogP contribution in [-0.4, -0.2) is 53.5 Å². The van der Waals surface area contributed by atoms with Crippen LogP contribution in [0.4, 0.5) is 0 Å². The molecule has 5 nitrogen and oxygen atoms in total. The van der Waals surface area contributed by atoms with Crippen LogP contribution in [0.5, 0.6) is 0 Å². The second-order valence-electron chi connectivity index (χ2n) is 5.25. The van der Waals surface area contributed by atoms with Gasteiger partial charge >= 0.3 is 5.97 Å². The minimum Gasteiger partial charge on any atom is -0.481 e. The van der Waals surface area contributed by atoms with Gasteiger partial charge in [0.25, 0.3) is 0 Å². The molecule has 0 heterocycles. The number of hydrogen-bond acceptors (Lipinski definition) is 3. The molecule has 0 radical (unpaired) electrons. The van der Waals surface area contributed by atoms with Crippen LogP contribution in [0.15, 0.2) is 24.3 Å². The molecule has 0 saturated carbocycles. The van der Waals surface area contributed by atoms with Gasteiger partial charge in [-0.1, -0.05) is 36.8 Å². The highest BCUT2D eigenvalue weighted by Gasteiger charge is 2.14. The van der Waals surface area contributed by atoms with E-state index < -0.39 is 5.97 Å². The van der Waals surface area contributed by atoms with Crippen LogP contribution in [0.25, 0.3) is 0 Å². The summed E-state index contributed by atoms with van der Waals surface area (Å²) in [6.07, 6.45) is 0.0583. The van der Waals surface area contributed by atoms with Gasteiger partial charge in [-0.15, -0.1) is 0 Å². The van der Waals surface area contributed by atoms with Crippen LogP contribution in [0.3, 0.4) is 0 Å². The van der Waals surface area contributed by atoms with E-state index in [1.807, 2.05) is 43.0 Å². The molecule has 1 rings (SSSR count). The number of amides is 1. The van der Waals surface area contributed by atoms with E-state index in [2.05, 4.69) is 0 Å². The molecule has 1 N–H and O–H groups in total. The Balaban J connectivity index is 2.48. The molecule has 116 valence electrons. The zero-order valence-electron chi connectivity index (χ0n) is 13.0. The number of aliphatic carboxylic acids is 1. The molecule has 0 saturated heterocycles. The highest BCUT2D eigenvalue weighted by molar-refractivity contribution is 5.78. The Morgan fingerprint density at radius 1 is 1.19 bits per heavy atom. The number of carboxylic acid groups (broad SMARTS) is 1. The van der Waals surface area contributed by atoms with E-state index in [4.69, 9.17) is 5.11 Å². The minimum absolute atomic E-state index is 0.00261. The lowest BCUT2D eigenvalue weighted by molar-refractivity contribution is -0.138. The molecular weight excluding hydrogens is 268 g/mol. The number of nitrogens with zero attached hydrogens (tertiary/aromatic N) is 2. The fourth-order valence-corrected chi connectivity index (χ4v) is 1.97. The molecule has 0 aliphatic rings. The Kier molecular flexibility index (Phi) is 6.88. The van der Waals surface area contributed by atoms with E-state index in [9.17, 15) is 9.59 Å². The molecule has 0 atom stereocenters. The van der Waals surface area contributed by atoms with Gasteiger partial charge in [-0.2, -0.15) is 0 Å². The second kappa shape index (κ2) is 8.42. The SMILES string of the molecule is CCN(CCC(=O)O)CC(=O)N(C)Cc1ccc(C)cc1. The summed E-state index contributed by atoms with van der Waals surface area (Å²) in [5.74, 6) is -0.836. The Labute approximate surface area is 126 Å². The normalized spacial score (nSPS) is 10.7. The average molecular weight is 292 g/mol. The molecule has 21 heavy (non-hydrogen) atoms. The predicted octanol–water partition coefficient (Wildman–Crippen LogP) is 1.75. The molecule has 0 spiro atoms. The second-order valence-corrected chi connectivity index (χ2v) is 5.25. The van der Waals surface area contributed by atoms with Crippen molar-refractivity contribution in [2.75, 3.05) is 26.7 Å². The smallest absolute Gasteiger partial charge is 0.304 e. The van der Waals surface area contributed by atoms with Gasteiger partial charge in [-0.25, -0.2) is 0 Å². The summed E-state index contributed by atoms with van der Waals surface area (Å²) in [7, 11) is 1.77. The third kappa shape index (κ3) is 6.40. The minimum atomic E-state index is -0.839. The van der Waals surface area contributed by atoms with E-state index >= 15 is 0 Å². The van der Waals surface area contributed by atoms with Crippen LogP contribution in [0.1, 0.15) is 24.5 Å². The van der Waals surface area contributed by atoms with Crippen molar-refractivity contribution in [2.45, 2.75) is 26.8 Å². The summed E-state index contributed by atoms with van der Waals surface area (Å²) in [5.41, 5.74) is 2.28. The quantitative estimate of drug-likeness (QED) is 0.793. The lowest BCUT2D eigenvalue weighted by Gasteiger charge is -2.23. The first kappa shape index (κ1) is 17.2. The van der Waals surface area contributed by atoms with Crippen molar-refractivity contribution < 1.29 is 14.7 Å². The van der Waals surface area contributed by atoms with Crippen LogP contribution in [-0.2, 0) is 16.1 Å². The van der Waals surface area contributed by atoms with E-state index in [-0.39, 0.29) is 18.9 Å². The fourth-order valence-electron chi connectivity index (χ4n) is 1.97. The molecule has 0 fully saturated rings. The third-order valence-corrected chi connectivity index (χ3v) is 3.41. The zero-order valence-corrected chi connectivity index (χ0v) is 13.0. The number of carbonyl (C=O) groups is 2. The van der Waals surface area contributed by atoms with E-state index in [0.29, 0.717) is 19.6 Å². The number of rotatable bonds is 8. The van der Waals surface area contributed by atoms with Crippen LogP contribution in [0, 0.1) is 6.92 Å². The standard InChI is InChI=1S/C16H24N2O3/c1-4-18(10-9-16(20)21)12-15(19)17(3)11-14-7-5-13(2)6-8-14/h5-8H,4,9-12H2,1-3H3,(H,20,21). The van der Waals surface area contributed by atoms with Crippen molar-refractivity contribution in [3.05, 3.63) is 35.4 Å². The lowest BCUT2D eigenvalue weighted by Crippen LogP contribution is -2.38. The van der Waals surface area contributed by atoms with Crippen molar-refractivity contribution in [2.24, 2.45) is 0 Å². The largest absolute Gasteiger partial charge is 0.481 e. The number of benzene rings is 1. The molecule has 0 aliphatic heterocycles. The molecule has 5 heteroatoms. The topological polar surface area (TPSA) is 60.9 Å². The van der Waals surface area contributed by atoms with Gasteiger partial charge in [0.15, 0.2) is 0 Å². The molecule has 0 aliphatic carbocycles. The first-order valence-corrected chi connectivity index (χ1v) is 7.16. The Bertz CT molecular complexity index is 471. The number of aryl methyl sites for hydroxylation is 1. The molecule has 0 bridgehead atoms. The van der Waals surface area contributed by atoms with E-state index in [0.717, 1.165) is 5.56 Å². The van der Waals surface area contributed by atoms with Crippen molar-refractivity contribution >= 4 is 11.9 Å². The molecule has 0 unspecified atom stereocenters. The van der Waals surface area contributed by atoms with Crippen molar-refractivity contribution in [1.29, 1.82) is 0 Å². The van der Waals surface area contributed by atoms with Gasteiger partial charge in [0.1, 0.15) is 0 Å². The predicted molar refractivity (Wildman–Crippen MR) is 82.0 cm³/mol. The molecule has 1 aromatic carbocycles. The zero-order chi connectivity index (χ0) is 15.8. The lowest BCUT2D eigenvalue weighted by atomic mass is 10.1. The Morgan fingerprint density at radius 3 is 2.33 bits per heavy atom. The van der Waals surface area contributed by atoms with E-state index in [1.54, 1.807) is 11.9 Å².